The summed E-state index contributed by atoms with van der Waals surface area (Å²) in [6.45, 7) is 1.11. The number of hydrogen-bond donors (Lipinski definition) is 2. The Bertz CT molecular complexity index is 493. The van der Waals surface area contributed by atoms with Gasteiger partial charge in [0.05, 0.1) is 0 Å². The van der Waals surface area contributed by atoms with Crippen molar-refractivity contribution in [1.29, 1.82) is 0 Å². The van der Waals surface area contributed by atoms with Crippen molar-refractivity contribution in [2.75, 3.05) is 17.7 Å². The fraction of sp³-hybridized carbons (Fsp3) is 0.333. The van der Waals surface area contributed by atoms with Gasteiger partial charge in [-0.25, -0.2) is 0 Å². The number of aliphatic hydroxyl groups is 1. The molecular formula is C15H20N2OS. The summed E-state index contributed by atoms with van der Waals surface area (Å²) in [7, 11) is 2.03. The van der Waals surface area contributed by atoms with Crippen LogP contribution in [0.1, 0.15) is 12.0 Å². The Morgan fingerprint density at radius 3 is 2.63 bits per heavy atom. The van der Waals surface area contributed by atoms with E-state index in [4.69, 9.17) is 5.11 Å². The zero-order valence-corrected chi connectivity index (χ0v) is 12.0. The normalized spacial score (nSPS) is 10.6. The molecule has 2 aromatic rings. The third kappa shape index (κ3) is 4.65. The van der Waals surface area contributed by atoms with Gasteiger partial charge < -0.3 is 15.0 Å². The van der Waals surface area contributed by atoms with Crippen LogP contribution in [0.5, 0.6) is 0 Å². The fourth-order valence-electron chi connectivity index (χ4n) is 1.79. The highest BCUT2D eigenvalue weighted by Gasteiger charge is 1.97. The number of nitrogens with zero attached hydrogens (tertiary/aromatic N) is 1. The lowest BCUT2D eigenvalue weighted by Gasteiger charge is -2.06. The molecule has 1 aromatic carbocycles. The summed E-state index contributed by atoms with van der Waals surface area (Å²) in [5, 5.41) is 12.1. The SMILES string of the molecule is Cn1ccc(CNc2ccc(SCCCO)cc2)c1. The molecule has 0 aliphatic carbocycles. The Morgan fingerprint density at radius 2 is 2.00 bits per heavy atom. The van der Waals surface area contributed by atoms with Crippen LogP contribution in [0.2, 0.25) is 0 Å². The maximum absolute atomic E-state index is 8.74. The summed E-state index contributed by atoms with van der Waals surface area (Å²) in [4.78, 5) is 1.25. The molecule has 19 heavy (non-hydrogen) atoms. The van der Waals surface area contributed by atoms with Gasteiger partial charge in [-0.3, -0.25) is 0 Å². The number of benzene rings is 1. The first-order valence-corrected chi connectivity index (χ1v) is 7.45. The first-order valence-electron chi connectivity index (χ1n) is 6.46. The van der Waals surface area contributed by atoms with Gasteiger partial charge in [0.1, 0.15) is 0 Å². The minimum absolute atomic E-state index is 0.268. The predicted octanol–water partition coefficient (Wildman–Crippen LogP) is 3.11. The number of hydrogen-bond acceptors (Lipinski definition) is 3. The van der Waals surface area contributed by atoms with E-state index < -0.39 is 0 Å². The van der Waals surface area contributed by atoms with Gasteiger partial charge in [0.25, 0.3) is 0 Å². The van der Waals surface area contributed by atoms with E-state index in [1.165, 1.54) is 10.5 Å². The summed E-state index contributed by atoms with van der Waals surface area (Å²) < 4.78 is 2.05. The van der Waals surface area contributed by atoms with Crippen molar-refractivity contribution >= 4 is 17.4 Å². The molecule has 1 aromatic heterocycles. The molecule has 1 heterocycles. The molecule has 0 radical (unpaired) electrons. The van der Waals surface area contributed by atoms with E-state index in [1.807, 2.05) is 7.05 Å². The minimum atomic E-state index is 0.268. The van der Waals surface area contributed by atoms with Crippen LogP contribution in [0, 0.1) is 0 Å². The second-order valence-corrected chi connectivity index (χ2v) is 5.66. The highest BCUT2D eigenvalue weighted by molar-refractivity contribution is 7.99. The third-order valence-electron chi connectivity index (χ3n) is 2.82. The number of nitrogens with one attached hydrogen (secondary N) is 1. The van der Waals surface area contributed by atoms with Crippen molar-refractivity contribution in [3.8, 4) is 0 Å². The molecule has 0 atom stereocenters. The molecule has 0 saturated carbocycles. The van der Waals surface area contributed by atoms with Gasteiger partial charge in [-0.05, 0) is 42.3 Å². The van der Waals surface area contributed by atoms with E-state index in [2.05, 4.69) is 52.6 Å². The maximum Gasteiger partial charge on any atom is 0.0439 e. The molecular weight excluding hydrogens is 256 g/mol. The lowest BCUT2D eigenvalue weighted by molar-refractivity contribution is 0.296. The van der Waals surface area contributed by atoms with E-state index >= 15 is 0 Å². The molecule has 0 aliphatic rings. The van der Waals surface area contributed by atoms with E-state index in [9.17, 15) is 0 Å². The van der Waals surface area contributed by atoms with Crippen LogP contribution in [-0.4, -0.2) is 22.0 Å². The molecule has 0 saturated heterocycles. The number of aromatic nitrogens is 1. The Labute approximate surface area is 118 Å². The first-order chi connectivity index (χ1) is 9.28. The number of thioether (sulfide) groups is 1. The molecule has 0 bridgehead atoms. The van der Waals surface area contributed by atoms with E-state index in [1.54, 1.807) is 11.8 Å². The third-order valence-corrected chi connectivity index (χ3v) is 3.91. The van der Waals surface area contributed by atoms with Crippen molar-refractivity contribution in [3.05, 3.63) is 48.3 Å². The van der Waals surface area contributed by atoms with Crippen molar-refractivity contribution in [2.45, 2.75) is 17.9 Å². The lowest BCUT2D eigenvalue weighted by Crippen LogP contribution is -1.98. The number of aryl methyl sites for hydroxylation is 1. The van der Waals surface area contributed by atoms with Gasteiger partial charge in [0, 0.05) is 48.9 Å². The van der Waals surface area contributed by atoms with Crippen LogP contribution < -0.4 is 5.32 Å². The number of rotatable bonds is 7. The number of anilines is 1. The highest BCUT2D eigenvalue weighted by atomic mass is 32.2. The second-order valence-electron chi connectivity index (χ2n) is 4.49. The molecule has 0 aliphatic heterocycles. The van der Waals surface area contributed by atoms with Crippen molar-refractivity contribution < 1.29 is 5.11 Å². The Morgan fingerprint density at radius 1 is 1.21 bits per heavy atom. The van der Waals surface area contributed by atoms with Gasteiger partial charge in [0.15, 0.2) is 0 Å². The van der Waals surface area contributed by atoms with E-state index in [0.29, 0.717) is 0 Å². The van der Waals surface area contributed by atoms with Crippen molar-refractivity contribution in [2.24, 2.45) is 7.05 Å². The topological polar surface area (TPSA) is 37.2 Å². The quantitative estimate of drug-likeness (QED) is 0.603. The van der Waals surface area contributed by atoms with Crippen LogP contribution >= 0.6 is 11.8 Å². The lowest BCUT2D eigenvalue weighted by atomic mass is 10.3. The maximum atomic E-state index is 8.74. The van der Waals surface area contributed by atoms with Crippen LogP contribution in [0.15, 0.2) is 47.6 Å². The second kappa shape index (κ2) is 7.26. The number of aliphatic hydroxyl groups excluding tert-OH is 1. The molecule has 0 spiro atoms. The van der Waals surface area contributed by atoms with Crippen molar-refractivity contribution in [3.63, 3.8) is 0 Å². The summed E-state index contributed by atoms with van der Waals surface area (Å²) in [5.41, 5.74) is 2.42. The molecule has 102 valence electrons. The first kappa shape index (κ1) is 14.0. The summed E-state index contributed by atoms with van der Waals surface area (Å²) in [6, 6.07) is 10.6. The average Bonchev–Trinajstić information content (AvgIpc) is 2.84. The van der Waals surface area contributed by atoms with E-state index in [0.717, 1.165) is 24.4 Å². The van der Waals surface area contributed by atoms with Gasteiger partial charge in [-0.15, -0.1) is 11.8 Å². The van der Waals surface area contributed by atoms with Crippen LogP contribution in [0.25, 0.3) is 0 Å². The highest BCUT2D eigenvalue weighted by Crippen LogP contribution is 2.21. The molecule has 2 rings (SSSR count). The summed E-state index contributed by atoms with van der Waals surface area (Å²) in [6.07, 6.45) is 5.02. The Balaban J connectivity index is 1.81. The van der Waals surface area contributed by atoms with Gasteiger partial charge in [-0.2, -0.15) is 0 Å². The van der Waals surface area contributed by atoms with Crippen LogP contribution in [0.3, 0.4) is 0 Å². The monoisotopic (exact) mass is 276 g/mol. The van der Waals surface area contributed by atoms with Gasteiger partial charge in [-0.1, -0.05) is 0 Å². The molecule has 0 amide bonds. The minimum Gasteiger partial charge on any atom is -0.396 e. The predicted molar refractivity (Wildman–Crippen MR) is 81.6 cm³/mol. The van der Waals surface area contributed by atoms with Crippen LogP contribution in [0.4, 0.5) is 5.69 Å². The molecule has 4 heteroatoms. The largest absolute Gasteiger partial charge is 0.396 e. The smallest absolute Gasteiger partial charge is 0.0439 e. The fourth-order valence-corrected chi connectivity index (χ4v) is 2.63. The average molecular weight is 276 g/mol. The zero-order chi connectivity index (χ0) is 13.5. The molecule has 0 fully saturated rings. The van der Waals surface area contributed by atoms with Crippen molar-refractivity contribution in [1.82, 2.24) is 4.57 Å². The summed E-state index contributed by atoms with van der Waals surface area (Å²) >= 11 is 1.78. The molecule has 0 unspecified atom stereocenters. The molecule has 3 nitrogen and oxygen atoms in total. The van der Waals surface area contributed by atoms with Gasteiger partial charge in [0.2, 0.25) is 0 Å². The summed E-state index contributed by atoms with van der Waals surface area (Å²) in [5.74, 6) is 0.966. The Kier molecular flexibility index (Phi) is 5.36. The molecule has 2 N–H and O–H groups in total. The standard InChI is InChI=1S/C15H20N2OS/c1-17-8-7-13(12-17)11-16-14-3-5-15(6-4-14)19-10-2-9-18/h3-8,12,16,18H,2,9-11H2,1H3. The van der Waals surface area contributed by atoms with Gasteiger partial charge >= 0.3 is 0 Å². The van der Waals surface area contributed by atoms with E-state index in [-0.39, 0.29) is 6.61 Å². The van der Waals surface area contributed by atoms with Crippen LogP contribution in [-0.2, 0) is 13.6 Å². The Hall–Kier alpha value is -1.39. The zero-order valence-electron chi connectivity index (χ0n) is 11.2.